The van der Waals surface area contributed by atoms with Crippen molar-refractivity contribution in [3.05, 3.63) is 35.4 Å². The van der Waals surface area contributed by atoms with Gasteiger partial charge in [0.2, 0.25) is 5.91 Å². The lowest BCUT2D eigenvalue weighted by Crippen LogP contribution is -2.41. The molecule has 19 heavy (non-hydrogen) atoms. The number of aromatic carboxylic acids is 1. The Labute approximate surface area is 112 Å². The topological polar surface area (TPSA) is 78.4 Å². The van der Waals surface area contributed by atoms with Gasteiger partial charge in [-0.05, 0) is 37.4 Å². The minimum atomic E-state index is -0.931. The molecule has 102 valence electrons. The number of amides is 1. The van der Waals surface area contributed by atoms with Gasteiger partial charge in [0, 0.05) is 6.54 Å². The van der Waals surface area contributed by atoms with Gasteiger partial charge in [-0.3, -0.25) is 4.79 Å². The van der Waals surface area contributed by atoms with Crippen LogP contribution in [0.15, 0.2) is 24.3 Å². The molecule has 0 radical (unpaired) electrons. The first-order valence-electron chi connectivity index (χ1n) is 6.51. The van der Waals surface area contributed by atoms with Gasteiger partial charge in [0.25, 0.3) is 0 Å². The first-order chi connectivity index (χ1) is 9.18. The van der Waals surface area contributed by atoms with E-state index >= 15 is 0 Å². The van der Waals surface area contributed by atoms with Crippen LogP contribution in [0.4, 0.5) is 0 Å². The van der Waals surface area contributed by atoms with Crippen LogP contribution in [-0.2, 0) is 11.2 Å². The monoisotopic (exact) mass is 262 g/mol. The lowest BCUT2D eigenvalue weighted by molar-refractivity contribution is -0.122. The Morgan fingerprint density at radius 2 is 2.16 bits per heavy atom. The lowest BCUT2D eigenvalue weighted by atomic mass is 10.0. The number of carbonyl (C=O) groups is 2. The van der Waals surface area contributed by atoms with Crippen LogP contribution in [0.3, 0.4) is 0 Å². The largest absolute Gasteiger partial charge is 0.478 e. The van der Waals surface area contributed by atoms with Gasteiger partial charge in [0.05, 0.1) is 11.6 Å². The van der Waals surface area contributed by atoms with Crippen LogP contribution >= 0.6 is 0 Å². The summed E-state index contributed by atoms with van der Waals surface area (Å²) in [6.07, 6.45) is 2.43. The van der Waals surface area contributed by atoms with E-state index in [0.29, 0.717) is 18.5 Å². The smallest absolute Gasteiger partial charge is 0.335 e. The number of rotatable bonds is 5. The van der Waals surface area contributed by atoms with E-state index < -0.39 is 5.97 Å². The molecule has 5 nitrogen and oxygen atoms in total. The number of carbonyl (C=O) groups excluding carboxylic acids is 1. The van der Waals surface area contributed by atoms with E-state index in [0.717, 1.165) is 24.9 Å². The van der Waals surface area contributed by atoms with E-state index in [1.165, 1.54) is 0 Å². The van der Waals surface area contributed by atoms with Crippen molar-refractivity contribution in [1.29, 1.82) is 0 Å². The van der Waals surface area contributed by atoms with Gasteiger partial charge < -0.3 is 15.7 Å². The summed E-state index contributed by atoms with van der Waals surface area (Å²) in [5.74, 6) is -0.926. The Kier molecular flexibility index (Phi) is 4.52. The fourth-order valence-corrected chi connectivity index (χ4v) is 2.30. The number of hydrogen-bond donors (Lipinski definition) is 3. The Morgan fingerprint density at radius 1 is 1.37 bits per heavy atom. The van der Waals surface area contributed by atoms with Gasteiger partial charge in [-0.15, -0.1) is 0 Å². The maximum absolute atomic E-state index is 11.8. The molecule has 1 unspecified atom stereocenters. The zero-order valence-corrected chi connectivity index (χ0v) is 10.7. The fourth-order valence-electron chi connectivity index (χ4n) is 2.30. The standard InChI is InChI=1S/C14H18N2O3/c17-13(12-6-3-8-15-12)16-9-7-10-4-1-2-5-11(10)14(18)19/h1-2,4-5,12,15H,3,6-9H2,(H,16,17)(H,18,19). The highest BCUT2D eigenvalue weighted by Gasteiger charge is 2.21. The summed E-state index contributed by atoms with van der Waals surface area (Å²) in [6, 6.07) is 6.78. The number of benzene rings is 1. The minimum Gasteiger partial charge on any atom is -0.478 e. The molecule has 0 bridgehead atoms. The average Bonchev–Trinajstić information content (AvgIpc) is 2.93. The minimum absolute atomic E-state index is 0.00491. The Hall–Kier alpha value is -1.88. The predicted molar refractivity (Wildman–Crippen MR) is 71.1 cm³/mol. The molecule has 1 fully saturated rings. The van der Waals surface area contributed by atoms with Crippen molar-refractivity contribution in [3.8, 4) is 0 Å². The third-order valence-corrected chi connectivity index (χ3v) is 3.32. The zero-order chi connectivity index (χ0) is 13.7. The van der Waals surface area contributed by atoms with E-state index in [9.17, 15) is 9.59 Å². The summed E-state index contributed by atoms with van der Waals surface area (Å²) < 4.78 is 0. The molecule has 2 rings (SSSR count). The van der Waals surface area contributed by atoms with Gasteiger partial charge in [-0.2, -0.15) is 0 Å². The first kappa shape index (κ1) is 13.5. The van der Waals surface area contributed by atoms with Crippen molar-refractivity contribution in [2.45, 2.75) is 25.3 Å². The van der Waals surface area contributed by atoms with Gasteiger partial charge in [-0.1, -0.05) is 18.2 Å². The molecule has 0 aromatic heterocycles. The number of carboxylic acids is 1. The highest BCUT2D eigenvalue weighted by atomic mass is 16.4. The maximum Gasteiger partial charge on any atom is 0.335 e. The second kappa shape index (κ2) is 6.33. The Balaban J connectivity index is 1.85. The van der Waals surface area contributed by atoms with Crippen molar-refractivity contribution < 1.29 is 14.7 Å². The van der Waals surface area contributed by atoms with E-state index in [4.69, 9.17) is 5.11 Å². The quantitative estimate of drug-likeness (QED) is 0.733. The Morgan fingerprint density at radius 3 is 2.84 bits per heavy atom. The van der Waals surface area contributed by atoms with Crippen molar-refractivity contribution in [2.75, 3.05) is 13.1 Å². The molecule has 1 atom stereocenters. The second-order valence-corrected chi connectivity index (χ2v) is 4.65. The molecular weight excluding hydrogens is 244 g/mol. The van der Waals surface area contributed by atoms with E-state index in [-0.39, 0.29) is 11.9 Å². The van der Waals surface area contributed by atoms with E-state index in [2.05, 4.69) is 10.6 Å². The van der Waals surface area contributed by atoms with Crippen molar-refractivity contribution in [3.63, 3.8) is 0 Å². The molecule has 1 amide bonds. The van der Waals surface area contributed by atoms with Gasteiger partial charge in [-0.25, -0.2) is 4.79 Å². The summed E-state index contributed by atoms with van der Waals surface area (Å²) in [7, 11) is 0. The zero-order valence-electron chi connectivity index (χ0n) is 10.7. The lowest BCUT2D eigenvalue weighted by Gasteiger charge is -2.11. The number of nitrogens with one attached hydrogen (secondary N) is 2. The number of carboxylic acid groups (broad SMARTS) is 1. The summed E-state index contributed by atoms with van der Waals surface area (Å²) in [5.41, 5.74) is 1.05. The van der Waals surface area contributed by atoms with Crippen LogP contribution in [-0.4, -0.2) is 36.1 Å². The third-order valence-electron chi connectivity index (χ3n) is 3.32. The summed E-state index contributed by atoms with van der Waals surface area (Å²) in [4.78, 5) is 22.8. The van der Waals surface area contributed by atoms with Gasteiger partial charge in [0.1, 0.15) is 0 Å². The van der Waals surface area contributed by atoms with E-state index in [1.54, 1.807) is 18.2 Å². The van der Waals surface area contributed by atoms with Crippen LogP contribution in [0.1, 0.15) is 28.8 Å². The van der Waals surface area contributed by atoms with Crippen LogP contribution in [0.25, 0.3) is 0 Å². The highest BCUT2D eigenvalue weighted by molar-refractivity contribution is 5.89. The predicted octanol–water partition coefficient (Wildman–Crippen LogP) is 0.796. The summed E-state index contributed by atoms with van der Waals surface area (Å²) >= 11 is 0. The normalized spacial score (nSPS) is 18.2. The van der Waals surface area contributed by atoms with Crippen molar-refractivity contribution >= 4 is 11.9 Å². The Bertz CT molecular complexity index is 468. The highest BCUT2D eigenvalue weighted by Crippen LogP contribution is 2.09. The van der Waals surface area contributed by atoms with Crippen LogP contribution < -0.4 is 10.6 Å². The molecular formula is C14H18N2O3. The average molecular weight is 262 g/mol. The molecule has 0 aliphatic carbocycles. The molecule has 1 aromatic carbocycles. The van der Waals surface area contributed by atoms with E-state index in [1.807, 2.05) is 6.07 Å². The van der Waals surface area contributed by atoms with Gasteiger partial charge >= 0.3 is 5.97 Å². The molecule has 3 N–H and O–H groups in total. The number of hydrogen-bond acceptors (Lipinski definition) is 3. The second-order valence-electron chi connectivity index (χ2n) is 4.65. The summed E-state index contributed by atoms with van der Waals surface area (Å²) in [6.45, 7) is 1.35. The molecule has 0 spiro atoms. The fraction of sp³-hybridized carbons (Fsp3) is 0.429. The van der Waals surface area contributed by atoms with Crippen molar-refractivity contribution in [2.24, 2.45) is 0 Å². The molecule has 0 saturated carbocycles. The summed E-state index contributed by atoms with van der Waals surface area (Å²) in [5, 5.41) is 15.0. The molecule has 1 heterocycles. The van der Waals surface area contributed by atoms with Crippen LogP contribution in [0, 0.1) is 0 Å². The molecule has 1 aromatic rings. The SMILES string of the molecule is O=C(O)c1ccccc1CCNC(=O)C1CCCN1. The molecule has 5 heteroatoms. The molecule has 1 saturated heterocycles. The first-order valence-corrected chi connectivity index (χ1v) is 6.51. The molecule has 1 aliphatic rings. The maximum atomic E-state index is 11.8. The third kappa shape index (κ3) is 3.54. The van der Waals surface area contributed by atoms with Crippen LogP contribution in [0.5, 0.6) is 0 Å². The molecule has 1 aliphatic heterocycles. The van der Waals surface area contributed by atoms with Crippen LogP contribution in [0.2, 0.25) is 0 Å². The van der Waals surface area contributed by atoms with Gasteiger partial charge in [0.15, 0.2) is 0 Å². The van der Waals surface area contributed by atoms with Crippen molar-refractivity contribution in [1.82, 2.24) is 10.6 Å².